The van der Waals surface area contributed by atoms with Gasteiger partial charge in [-0.15, -0.1) is 0 Å². The summed E-state index contributed by atoms with van der Waals surface area (Å²) in [4.78, 5) is 30.3. The summed E-state index contributed by atoms with van der Waals surface area (Å²) in [5, 5.41) is 8.56. The number of aromatic nitrogens is 1. The predicted octanol–water partition coefficient (Wildman–Crippen LogP) is 6.24. The fourth-order valence-corrected chi connectivity index (χ4v) is 5.57. The zero-order valence-electron chi connectivity index (χ0n) is 26.0. The molecular weight excluding hydrogens is 562 g/mol. The number of pyridine rings is 1. The van der Waals surface area contributed by atoms with Crippen LogP contribution in [0, 0.1) is 5.92 Å². The van der Waals surface area contributed by atoms with Gasteiger partial charge in [-0.25, -0.2) is 13.2 Å². The second-order valence-corrected chi connectivity index (χ2v) is 14.1. The highest BCUT2D eigenvalue weighted by Crippen LogP contribution is 2.24. The van der Waals surface area contributed by atoms with Crippen molar-refractivity contribution in [2.75, 3.05) is 10.0 Å². The molecule has 0 bridgehead atoms. The van der Waals surface area contributed by atoms with Crippen LogP contribution >= 0.6 is 0 Å². The molecule has 0 aliphatic carbocycles. The predicted molar refractivity (Wildman–Crippen MR) is 173 cm³/mol. The first-order valence-electron chi connectivity index (χ1n) is 14.7. The monoisotopic (exact) mass is 607 g/mol. The zero-order valence-corrected chi connectivity index (χ0v) is 26.8. The molecule has 0 saturated carbocycles. The Balaban J connectivity index is 1.62. The third-order valence-electron chi connectivity index (χ3n) is 7.04. The second-order valence-electron chi connectivity index (χ2n) is 12.4. The van der Waals surface area contributed by atoms with Gasteiger partial charge in [0.1, 0.15) is 6.04 Å². The lowest BCUT2D eigenvalue weighted by atomic mass is 9.87. The highest BCUT2D eigenvalue weighted by molar-refractivity contribution is 7.92. The molecule has 43 heavy (non-hydrogen) atoms. The molecule has 3 rings (SSSR count). The number of nitrogens with zero attached hydrogens (tertiary/aromatic N) is 1. The van der Waals surface area contributed by atoms with E-state index in [2.05, 4.69) is 60.3 Å². The quantitative estimate of drug-likeness (QED) is 0.183. The van der Waals surface area contributed by atoms with Crippen molar-refractivity contribution in [2.45, 2.75) is 89.6 Å². The van der Waals surface area contributed by atoms with Gasteiger partial charge in [-0.2, -0.15) is 0 Å². The van der Waals surface area contributed by atoms with Crippen LogP contribution in [0.3, 0.4) is 0 Å². The Morgan fingerprint density at radius 3 is 2.00 bits per heavy atom. The lowest BCUT2D eigenvalue weighted by molar-refractivity contribution is -0.123. The number of carbonyl (C=O) groups excluding carboxylic acids is 2. The van der Waals surface area contributed by atoms with Gasteiger partial charge < -0.3 is 16.0 Å². The van der Waals surface area contributed by atoms with Crippen molar-refractivity contribution in [2.24, 2.45) is 5.92 Å². The molecule has 10 heteroatoms. The largest absolute Gasteiger partial charge is 0.352 e. The van der Waals surface area contributed by atoms with E-state index in [9.17, 15) is 18.0 Å². The third-order valence-corrected chi connectivity index (χ3v) is 8.44. The van der Waals surface area contributed by atoms with E-state index in [-0.39, 0.29) is 22.3 Å². The van der Waals surface area contributed by atoms with Gasteiger partial charge in [0.15, 0.2) is 0 Å². The van der Waals surface area contributed by atoms with E-state index in [1.807, 2.05) is 31.2 Å². The van der Waals surface area contributed by atoms with Crippen molar-refractivity contribution in [3.63, 3.8) is 0 Å². The van der Waals surface area contributed by atoms with Crippen LogP contribution in [0.1, 0.15) is 71.9 Å². The Labute approximate surface area is 256 Å². The molecule has 0 aliphatic rings. The Morgan fingerprint density at radius 1 is 0.814 bits per heavy atom. The lowest BCUT2D eigenvalue weighted by Gasteiger charge is -2.22. The summed E-state index contributed by atoms with van der Waals surface area (Å²) in [5.74, 6) is 0.344. The standard InChI is InChI=1S/C33H45N5O4S/c1-23(2)8-7-9-24(3)35-31(39)30(22-25-18-20-34-21-19-25)37-32(40)36-27-12-14-28(15-13-27)38-43(41,42)29-16-10-26(11-17-29)33(4,5)6/h10-21,23-24,30,38H,7-9,22H2,1-6H3,(H,35,39)(H2,36,37,40)/t24?,30-/m1/s1. The molecule has 3 amide bonds. The van der Waals surface area contributed by atoms with Gasteiger partial charge in [0.25, 0.3) is 10.0 Å². The molecule has 1 heterocycles. The van der Waals surface area contributed by atoms with Gasteiger partial charge in [-0.05, 0) is 84.3 Å². The number of hydrogen-bond acceptors (Lipinski definition) is 5. The molecule has 1 aromatic heterocycles. The van der Waals surface area contributed by atoms with Crippen molar-refractivity contribution in [1.29, 1.82) is 0 Å². The van der Waals surface area contributed by atoms with Gasteiger partial charge in [0.2, 0.25) is 5.91 Å². The van der Waals surface area contributed by atoms with Crippen molar-refractivity contribution in [3.8, 4) is 0 Å². The first-order chi connectivity index (χ1) is 20.2. The first-order valence-corrected chi connectivity index (χ1v) is 16.2. The molecule has 2 atom stereocenters. The molecule has 0 radical (unpaired) electrons. The molecule has 2 aromatic carbocycles. The average molecular weight is 608 g/mol. The second kappa shape index (κ2) is 15.0. The highest BCUT2D eigenvalue weighted by Gasteiger charge is 2.23. The molecule has 0 spiro atoms. The van der Waals surface area contributed by atoms with Gasteiger partial charge in [-0.1, -0.05) is 59.6 Å². The van der Waals surface area contributed by atoms with E-state index in [1.54, 1.807) is 48.8 Å². The number of sulfonamides is 1. The number of rotatable bonds is 13. The van der Waals surface area contributed by atoms with Crippen LogP contribution in [0.25, 0.3) is 0 Å². The molecule has 0 fully saturated rings. The van der Waals surface area contributed by atoms with E-state index in [0.717, 1.165) is 30.4 Å². The summed E-state index contributed by atoms with van der Waals surface area (Å²) < 4.78 is 28.4. The molecular formula is C33H45N5O4S. The summed E-state index contributed by atoms with van der Waals surface area (Å²) in [7, 11) is -3.79. The number of benzene rings is 2. The maximum atomic E-state index is 13.2. The number of urea groups is 1. The highest BCUT2D eigenvalue weighted by atomic mass is 32.2. The van der Waals surface area contributed by atoms with Gasteiger partial charge >= 0.3 is 6.03 Å². The maximum Gasteiger partial charge on any atom is 0.319 e. The number of hydrogen-bond donors (Lipinski definition) is 4. The maximum absolute atomic E-state index is 13.2. The normalized spacial score (nSPS) is 13.2. The number of carbonyl (C=O) groups is 2. The van der Waals surface area contributed by atoms with Crippen LogP contribution in [-0.4, -0.2) is 37.4 Å². The smallest absolute Gasteiger partial charge is 0.319 e. The molecule has 0 aliphatic heterocycles. The Hall–Kier alpha value is -3.92. The Kier molecular flexibility index (Phi) is 11.7. The van der Waals surface area contributed by atoms with Gasteiger partial charge in [-0.3, -0.25) is 14.5 Å². The van der Waals surface area contributed by atoms with Crippen molar-refractivity contribution in [3.05, 3.63) is 84.2 Å². The van der Waals surface area contributed by atoms with Crippen molar-refractivity contribution in [1.82, 2.24) is 15.6 Å². The first kappa shape index (κ1) is 33.6. The molecule has 3 aromatic rings. The van der Waals surface area contributed by atoms with Crippen LogP contribution in [0.4, 0.5) is 16.2 Å². The van der Waals surface area contributed by atoms with Gasteiger partial charge in [0.05, 0.1) is 4.90 Å². The van der Waals surface area contributed by atoms with E-state index < -0.39 is 22.1 Å². The van der Waals surface area contributed by atoms with Crippen molar-refractivity contribution < 1.29 is 18.0 Å². The van der Waals surface area contributed by atoms with E-state index in [0.29, 0.717) is 23.7 Å². The lowest BCUT2D eigenvalue weighted by Crippen LogP contribution is -2.51. The van der Waals surface area contributed by atoms with E-state index in [1.165, 1.54) is 0 Å². The molecule has 9 nitrogen and oxygen atoms in total. The van der Waals surface area contributed by atoms with Crippen LogP contribution in [0.2, 0.25) is 0 Å². The topological polar surface area (TPSA) is 129 Å². The number of amides is 3. The van der Waals surface area contributed by atoms with E-state index in [4.69, 9.17) is 0 Å². The Morgan fingerprint density at radius 2 is 1.42 bits per heavy atom. The van der Waals surface area contributed by atoms with Crippen LogP contribution in [-0.2, 0) is 26.7 Å². The number of nitrogens with one attached hydrogen (secondary N) is 4. The Bertz CT molecular complexity index is 1440. The van der Waals surface area contributed by atoms with Gasteiger partial charge in [0, 0.05) is 36.2 Å². The molecule has 0 saturated heterocycles. The number of anilines is 2. The fourth-order valence-electron chi connectivity index (χ4n) is 4.51. The van der Waals surface area contributed by atoms with E-state index >= 15 is 0 Å². The summed E-state index contributed by atoms with van der Waals surface area (Å²) in [5.41, 5.74) is 2.62. The molecule has 1 unspecified atom stereocenters. The minimum Gasteiger partial charge on any atom is -0.352 e. The summed E-state index contributed by atoms with van der Waals surface area (Å²) >= 11 is 0. The zero-order chi connectivity index (χ0) is 31.6. The minimum atomic E-state index is -3.79. The summed E-state index contributed by atoms with van der Waals surface area (Å²) in [6, 6.07) is 15.4. The SMILES string of the molecule is CC(C)CCCC(C)NC(=O)[C@@H](Cc1ccncc1)NC(=O)Nc1ccc(NS(=O)(=O)c2ccc(C(C)(C)C)cc2)cc1. The average Bonchev–Trinajstić information content (AvgIpc) is 2.93. The van der Waals surface area contributed by atoms with Crippen LogP contribution in [0.15, 0.2) is 78.0 Å². The molecule has 4 N–H and O–H groups in total. The van der Waals surface area contributed by atoms with Crippen LogP contribution in [0.5, 0.6) is 0 Å². The third kappa shape index (κ3) is 11.0. The molecule has 232 valence electrons. The van der Waals surface area contributed by atoms with Crippen LogP contribution < -0.4 is 20.7 Å². The minimum absolute atomic E-state index is 0.0243. The fraction of sp³-hybridized carbons (Fsp3) is 0.424. The summed E-state index contributed by atoms with van der Waals surface area (Å²) in [6.45, 7) is 12.5. The summed E-state index contributed by atoms with van der Waals surface area (Å²) in [6.07, 6.45) is 6.56. The van der Waals surface area contributed by atoms with Crippen molar-refractivity contribution >= 4 is 33.3 Å².